The Hall–Kier alpha value is -2.64. The van der Waals surface area contributed by atoms with Crippen LogP contribution >= 0.6 is 0 Å². The van der Waals surface area contributed by atoms with Gasteiger partial charge in [0.15, 0.2) is 0 Å². The van der Waals surface area contributed by atoms with Crippen LogP contribution in [0, 0.1) is 13.8 Å². The van der Waals surface area contributed by atoms with Gasteiger partial charge < -0.3 is 9.88 Å². The minimum Gasteiger partial charge on any atom is -0.358 e. The summed E-state index contributed by atoms with van der Waals surface area (Å²) >= 11 is 0. The lowest BCUT2D eigenvalue weighted by atomic mass is 10.1. The molecule has 30 heavy (non-hydrogen) atoms. The quantitative estimate of drug-likeness (QED) is 0.671. The molecule has 158 valence electrons. The summed E-state index contributed by atoms with van der Waals surface area (Å²) in [5.74, 6) is -0.0618. The Morgan fingerprint density at radius 3 is 2.53 bits per heavy atom. The molecule has 0 unspecified atom stereocenters. The molecule has 1 aromatic heterocycles. The van der Waals surface area contributed by atoms with Crippen molar-refractivity contribution in [3.63, 3.8) is 0 Å². The van der Waals surface area contributed by atoms with Gasteiger partial charge in [-0.05, 0) is 67.8 Å². The fourth-order valence-corrected chi connectivity index (χ4v) is 5.72. The van der Waals surface area contributed by atoms with E-state index in [1.165, 1.54) is 4.31 Å². The first-order chi connectivity index (χ1) is 14.3. The van der Waals surface area contributed by atoms with E-state index in [1.54, 1.807) is 23.1 Å². The second kappa shape index (κ2) is 7.56. The summed E-state index contributed by atoms with van der Waals surface area (Å²) in [5, 5.41) is 1.05. The van der Waals surface area contributed by atoms with E-state index in [1.807, 2.05) is 45.9 Å². The van der Waals surface area contributed by atoms with E-state index < -0.39 is 10.0 Å². The molecule has 2 heterocycles. The van der Waals surface area contributed by atoms with Crippen molar-refractivity contribution in [1.29, 1.82) is 0 Å². The molecule has 1 aliphatic rings. The van der Waals surface area contributed by atoms with Gasteiger partial charge in [0, 0.05) is 47.5 Å². The van der Waals surface area contributed by atoms with Crippen molar-refractivity contribution in [3.8, 4) is 0 Å². The maximum Gasteiger partial charge on any atom is 0.258 e. The zero-order valence-corrected chi connectivity index (χ0v) is 18.6. The molecular formula is C23H27N3O3S. The van der Waals surface area contributed by atoms with Crippen LogP contribution in [0.5, 0.6) is 0 Å². The summed E-state index contributed by atoms with van der Waals surface area (Å²) in [7, 11) is -3.51. The second-order valence-electron chi connectivity index (χ2n) is 7.72. The van der Waals surface area contributed by atoms with Gasteiger partial charge in [-0.25, -0.2) is 8.42 Å². The van der Waals surface area contributed by atoms with Gasteiger partial charge in [0.05, 0.1) is 4.90 Å². The van der Waals surface area contributed by atoms with Crippen molar-refractivity contribution >= 4 is 32.5 Å². The van der Waals surface area contributed by atoms with E-state index >= 15 is 0 Å². The number of amides is 1. The van der Waals surface area contributed by atoms with Crippen molar-refractivity contribution in [3.05, 3.63) is 58.8 Å². The lowest BCUT2D eigenvalue weighted by Gasteiger charge is -2.20. The predicted molar refractivity (Wildman–Crippen MR) is 120 cm³/mol. The average Bonchev–Trinajstić information content (AvgIpc) is 3.28. The molecule has 0 aliphatic carbocycles. The van der Waals surface area contributed by atoms with Gasteiger partial charge in [-0.1, -0.05) is 13.8 Å². The second-order valence-corrected chi connectivity index (χ2v) is 9.66. The van der Waals surface area contributed by atoms with Crippen molar-refractivity contribution in [1.82, 2.24) is 9.29 Å². The molecule has 0 bridgehead atoms. The highest BCUT2D eigenvalue weighted by Gasteiger charge is 2.29. The molecule has 0 radical (unpaired) electrons. The van der Waals surface area contributed by atoms with Gasteiger partial charge in [-0.2, -0.15) is 4.31 Å². The lowest BCUT2D eigenvalue weighted by Crippen LogP contribution is -2.30. The number of hydrogen-bond acceptors (Lipinski definition) is 3. The molecule has 0 atom stereocenters. The molecule has 1 N–H and O–H groups in total. The molecule has 1 aliphatic heterocycles. The number of benzene rings is 2. The molecule has 0 fully saturated rings. The number of carbonyl (C=O) groups is 1. The van der Waals surface area contributed by atoms with Crippen LogP contribution in [0.4, 0.5) is 5.69 Å². The first-order valence-electron chi connectivity index (χ1n) is 10.3. The topological polar surface area (TPSA) is 73.5 Å². The monoisotopic (exact) mass is 425 g/mol. The smallest absolute Gasteiger partial charge is 0.258 e. The zero-order chi connectivity index (χ0) is 21.6. The van der Waals surface area contributed by atoms with Crippen LogP contribution < -0.4 is 4.90 Å². The third-order valence-electron chi connectivity index (χ3n) is 6.09. The molecule has 0 saturated heterocycles. The number of nitrogens with one attached hydrogen (secondary N) is 1. The average molecular weight is 426 g/mol. The van der Waals surface area contributed by atoms with E-state index in [-0.39, 0.29) is 5.91 Å². The van der Waals surface area contributed by atoms with Crippen LogP contribution in [0.2, 0.25) is 0 Å². The van der Waals surface area contributed by atoms with Crippen LogP contribution in [0.1, 0.15) is 41.0 Å². The van der Waals surface area contributed by atoms with Crippen molar-refractivity contribution in [2.75, 3.05) is 24.5 Å². The van der Waals surface area contributed by atoms with Gasteiger partial charge in [-0.3, -0.25) is 4.79 Å². The van der Waals surface area contributed by atoms with Crippen LogP contribution in [-0.2, 0) is 16.4 Å². The molecule has 1 amide bonds. The normalized spacial score (nSPS) is 14.0. The number of aromatic amines is 1. The molecule has 2 aromatic carbocycles. The fourth-order valence-electron chi connectivity index (χ4n) is 4.21. The number of fused-ring (bicyclic) bond motifs is 2. The van der Waals surface area contributed by atoms with Crippen LogP contribution in [0.3, 0.4) is 0 Å². The van der Waals surface area contributed by atoms with E-state index in [0.717, 1.165) is 33.4 Å². The summed E-state index contributed by atoms with van der Waals surface area (Å²) in [6.07, 6.45) is 0.646. The van der Waals surface area contributed by atoms with Gasteiger partial charge in [0.25, 0.3) is 5.91 Å². The largest absolute Gasteiger partial charge is 0.358 e. The molecular weight excluding hydrogens is 398 g/mol. The summed E-state index contributed by atoms with van der Waals surface area (Å²) in [5.41, 5.74) is 5.59. The maximum absolute atomic E-state index is 13.2. The Labute approximate surface area is 177 Å². The van der Waals surface area contributed by atoms with Gasteiger partial charge in [-0.15, -0.1) is 0 Å². The minimum atomic E-state index is -3.51. The first-order valence-corrected chi connectivity index (χ1v) is 11.8. The van der Waals surface area contributed by atoms with Gasteiger partial charge >= 0.3 is 0 Å². The number of rotatable bonds is 5. The van der Waals surface area contributed by atoms with Crippen LogP contribution in [0.25, 0.3) is 10.9 Å². The number of H-pyrrole nitrogens is 1. The molecule has 3 aromatic rings. The molecule has 0 spiro atoms. The standard InChI is InChI=1S/C23H27N3O3S/c1-5-25(6-2)30(28,29)19-8-10-22-17(13-19)11-12-26(22)23(27)18-7-9-21-20(14-18)15(3)16(4)24-21/h7-10,13-14,24H,5-6,11-12H2,1-4H3. The summed E-state index contributed by atoms with van der Waals surface area (Å²) < 4.78 is 27.1. The molecule has 7 heteroatoms. The first kappa shape index (κ1) is 20.6. The van der Waals surface area contributed by atoms with E-state index in [2.05, 4.69) is 4.98 Å². The van der Waals surface area contributed by atoms with Crippen LogP contribution in [0.15, 0.2) is 41.3 Å². The molecule has 0 saturated carbocycles. The number of sulfonamides is 1. The van der Waals surface area contributed by atoms with Crippen molar-refractivity contribution < 1.29 is 13.2 Å². The molecule has 6 nitrogen and oxygen atoms in total. The maximum atomic E-state index is 13.2. The Kier molecular flexibility index (Phi) is 5.20. The van der Waals surface area contributed by atoms with Crippen molar-refractivity contribution in [2.24, 2.45) is 0 Å². The zero-order valence-electron chi connectivity index (χ0n) is 17.8. The number of anilines is 1. The summed E-state index contributed by atoms with van der Waals surface area (Å²) in [4.78, 5) is 18.6. The highest BCUT2D eigenvalue weighted by atomic mass is 32.2. The van der Waals surface area contributed by atoms with Gasteiger partial charge in [0.2, 0.25) is 10.0 Å². The van der Waals surface area contributed by atoms with Crippen LogP contribution in [-0.4, -0.2) is 43.2 Å². The minimum absolute atomic E-state index is 0.0618. The Morgan fingerprint density at radius 1 is 1.10 bits per heavy atom. The fraction of sp³-hybridized carbons (Fsp3) is 0.348. The van der Waals surface area contributed by atoms with Gasteiger partial charge in [0.1, 0.15) is 0 Å². The number of hydrogen-bond donors (Lipinski definition) is 1. The number of nitrogens with zero attached hydrogens (tertiary/aromatic N) is 2. The number of aryl methyl sites for hydroxylation is 2. The lowest BCUT2D eigenvalue weighted by molar-refractivity contribution is 0.0989. The number of carbonyl (C=O) groups excluding carboxylic acids is 1. The highest BCUT2D eigenvalue weighted by Crippen LogP contribution is 2.33. The Bertz CT molecular complexity index is 1240. The SMILES string of the molecule is CCN(CC)S(=O)(=O)c1ccc2c(c1)CCN2C(=O)c1ccc2[nH]c(C)c(C)c2c1. The molecule has 4 rings (SSSR count). The predicted octanol–water partition coefficient (Wildman–Crippen LogP) is 4.02. The Balaban J connectivity index is 1.67. The summed E-state index contributed by atoms with van der Waals surface area (Å²) in [6, 6.07) is 10.8. The third-order valence-corrected chi connectivity index (χ3v) is 8.14. The summed E-state index contributed by atoms with van der Waals surface area (Å²) in [6.45, 7) is 9.15. The van der Waals surface area contributed by atoms with E-state index in [9.17, 15) is 13.2 Å². The third kappa shape index (κ3) is 3.22. The van der Waals surface area contributed by atoms with Crippen molar-refractivity contribution in [2.45, 2.75) is 39.0 Å². The van der Waals surface area contributed by atoms with E-state index in [0.29, 0.717) is 36.5 Å². The highest BCUT2D eigenvalue weighted by molar-refractivity contribution is 7.89. The van der Waals surface area contributed by atoms with E-state index in [4.69, 9.17) is 0 Å². The number of aromatic nitrogens is 1. The Morgan fingerprint density at radius 2 is 1.83 bits per heavy atom.